The van der Waals surface area contributed by atoms with Crippen molar-refractivity contribution in [2.24, 2.45) is 0 Å². The number of amides is 1. The number of hydrogen-bond donors (Lipinski definition) is 3. The zero-order valence-corrected chi connectivity index (χ0v) is 12.2. The molecule has 21 heavy (non-hydrogen) atoms. The number of halogens is 2. The standard InChI is InChI=1S/C12H12Cl2N2O5/c13-7-2-1-3-8(12(7)14)15-9(17)4-16(5-10(18)19)6-11(20)21/h1-3H,4-6H2,(H,15,17)(H,18,19)(H,20,21). The van der Waals surface area contributed by atoms with Crippen molar-refractivity contribution in [1.82, 2.24) is 4.90 Å². The molecule has 0 spiro atoms. The van der Waals surface area contributed by atoms with Crippen LogP contribution in [0.15, 0.2) is 18.2 Å². The number of carboxylic acid groups (broad SMARTS) is 2. The minimum absolute atomic E-state index is 0.149. The van der Waals surface area contributed by atoms with Gasteiger partial charge in [-0.1, -0.05) is 29.3 Å². The van der Waals surface area contributed by atoms with Gasteiger partial charge in [-0.2, -0.15) is 0 Å². The second-order valence-corrected chi connectivity index (χ2v) is 4.87. The summed E-state index contributed by atoms with van der Waals surface area (Å²) in [5, 5.41) is 20.2. The molecule has 0 atom stereocenters. The van der Waals surface area contributed by atoms with Gasteiger partial charge >= 0.3 is 11.9 Å². The van der Waals surface area contributed by atoms with Crippen LogP contribution in [0.1, 0.15) is 0 Å². The third-order valence-electron chi connectivity index (χ3n) is 2.31. The first kappa shape index (κ1) is 17.2. The van der Waals surface area contributed by atoms with Crippen molar-refractivity contribution in [2.45, 2.75) is 0 Å². The predicted octanol–water partition coefficient (Wildman–Crippen LogP) is 1.40. The largest absolute Gasteiger partial charge is 0.480 e. The van der Waals surface area contributed by atoms with Crippen molar-refractivity contribution in [1.29, 1.82) is 0 Å². The number of benzene rings is 1. The Morgan fingerprint density at radius 2 is 1.62 bits per heavy atom. The molecule has 0 bridgehead atoms. The van der Waals surface area contributed by atoms with Crippen LogP contribution < -0.4 is 5.32 Å². The molecular formula is C12H12Cl2N2O5. The van der Waals surface area contributed by atoms with Crippen molar-refractivity contribution in [3.05, 3.63) is 28.2 Å². The van der Waals surface area contributed by atoms with E-state index >= 15 is 0 Å². The number of nitrogens with one attached hydrogen (secondary N) is 1. The van der Waals surface area contributed by atoms with Crippen LogP contribution in [0.2, 0.25) is 10.0 Å². The van der Waals surface area contributed by atoms with Crippen molar-refractivity contribution in [2.75, 3.05) is 25.0 Å². The van der Waals surface area contributed by atoms with Crippen LogP contribution in [0.3, 0.4) is 0 Å². The van der Waals surface area contributed by atoms with Crippen molar-refractivity contribution < 1.29 is 24.6 Å². The van der Waals surface area contributed by atoms with E-state index in [-0.39, 0.29) is 15.7 Å². The van der Waals surface area contributed by atoms with Gasteiger partial charge in [0.25, 0.3) is 0 Å². The smallest absolute Gasteiger partial charge is 0.317 e. The average Bonchev–Trinajstić information content (AvgIpc) is 2.33. The number of carbonyl (C=O) groups excluding carboxylic acids is 1. The molecule has 7 nitrogen and oxygen atoms in total. The SMILES string of the molecule is O=C(O)CN(CC(=O)O)CC(=O)Nc1cccc(Cl)c1Cl. The molecule has 0 aliphatic rings. The summed E-state index contributed by atoms with van der Waals surface area (Å²) in [7, 11) is 0. The fraction of sp³-hybridized carbons (Fsp3) is 0.250. The van der Waals surface area contributed by atoms with Gasteiger partial charge in [-0.3, -0.25) is 19.3 Å². The van der Waals surface area contributed by atoms with Gasteiger partial charge in [-0.15, -0.1) is 0 Å². The molecule has 0 fully saturated rings. The molecule has 1 aromatic carbocycles. The summed E-state index contributed by atoms with van der Waals surface area (Å²) in [6.07, 6.45) is 0. The van der Waals surface area contributed by atoms with Gasteiger partial charge in [0.05, 0.1) is 35.4 Å². The zero-order chi connectivity index (χ0) is 16.0. The molecule has 9 heteroatoms. The molecule has 3 N–H and O–H groups in total. The number of aliphatic carboxylic acids is 2. The molecule has 0 aliphatic heterocycles. The summed E-state index contributed by atoms with van der Waals surface area (Å²) in [6.45, 7) is -1.53. The molecule has 0 aliphatic carbocycles. The van der Waals surface area contributed by atoms with Gasteiger partial charge in [-0.25, -0.2) is 0 Å². The maximum atomic E-state index is 11.8. The van der Waals surface area contributed by atoms with E-state index in [9.17, 15) is 14.4 Å². The van der Waals surface area contributed by atoms with Crippen LogP contribution in [-0.4, -0.2) is 52.6 Å². The van der Waals surface area contributed by atoms with Gasteiger partial charge in [0.2, 0.25) is 5.91 Å². The molecule has 0 aromatic heterocycles. The quantitative estimate of drug-likeness (QED) is 0.695. The Bertz CT molecular complexity index is 549. The van der Waals surface area contributed by atoms with E-state index in [1.165, 1.54) is 6.07 Å². The van der Waals surface area contributed by atoms with E-state index < -0.39 is 37.5 Å². The highest BCUT2D eigenvalue weighted by Crippen LogP contribution is 2.29. The molecule has 0 unspecified atom stereocenters. The van der Waals surface area contributed by atoms with Crippen LogP contribution in [0.25, 0.3) is 0 Å². The molecular weight excluding hydrogens is 323 g/mol. The summed E-state index contributed by atoms with van der Waals surface area (Å²) in [6, 6.07) is 4.64. The molecule has 0 saturated carbocycles. The van der Waals surface area contributed by atoms with E-state index in [2.05, 4.69) is 5.32 Å². The monoisotopic (exact) mass is 334 g/mol. The second kappa shape index (κ2) is 7.82. The van der Waals surface area contributed by atoms with Crippen molar-refractivity contribution in [3.63, 3.8) is 0 Å². The first-order chi connectivity index (χ1) is 9.79. The lowest BCUT2D eigenvalue weighted by atomic mass is 10.3. The lowest BCUT2D eigenvalue weighted by Gasteiger charge is -2.17. The summed E-state index contributed by atoms with van der Waals surface area (Å²) in [4.78, 5) is 34.0. The Kier molecular flexibility index (Phi) is 6.41. The van der Waals surface area contributed by atoms with Crippen molar-refractivity contribution >= 4 is 46.7 Å². The highest BCUT2D eigenvalue weighted by molar-refractivity contribution is 6.44. The number of hydrogen-bond acceptors (Lipinski definition) is 4. The third-order valence-corrected chi connectivity index (χ3v) is 3.13. The van der Waals surface area contributed by atoms with E-state index in [4.69, 9.17) is 33.4 Å². The molecule has 1 rings (SSSR count). The Morgan fingerprint density at radius 3 is 2.14 bits per heavy atom. The third kappa shape index (κ3) is 5.99. The Morgan fingerprint density at radius 1 is 1.05 bits per heavy atom. The van der Waals surface area contributed by atoms with E-state index in [0.29, 0.717) is 0 Å². The normalized spacial score (nSPS) is 10.4. The molecule has 1 aromatic rings. The maximum absolute atomic E-state index is 11.8. The van der Waals surface area contributed by atoms with Crippen LogP contribution in [0, 0.1) is 0 Å². The topological polar surface area (TPSA) is 107 Å². The van der Waals surface area contributed by atoms with E-state index in [1.54, 1.807) is 12.1 Å². The highest BCUT2D eigenvalue weighted by atomic mass is 35.5. The van der Waals surface area contributed by atoms with Gasteiger partial charge in [-0.05, 0) is 12.1 Å². The first-order valence-corrected chi connectivity index (χ1v) is 6.45. The molecule has 0 radical (unpaired) electrons. The molecule has 0 saturated heterocycles. The minimum Gasteiger partial charge on any atom is -0.480 e. The van der Waals surface area contributed by atoms with Gasteiger partial charge < -0.3 is 15.5 Å². The van der Waals surface area contributed by atoms with Crippen LogP contribution in [0.5, 0.6) is 0 Å². The van der Waals surface area contributed by atoms with Crippen LogP contribution in [-0.2, 0) is 14.4 Å². The highest BCUT2D eigenvalue weighted by Gasteiger charge is 2.17. The zero-order valence-electron chi connectivity index (χ0n) is 10.7. The Labute approximate surface area is 130 Å². The van der Waals surface area contributed by atoms with Crippen molar-refractivity contribution in [3.8, 4) is 0 Å². The Balaban J connectivity index is 2.71. The summed E-state index contributed by atoms with van der Waals surface area (Å²) in [5.41, 5.74) is 0.264. The van der Waals surface area contributed by atoms with Gasteiger partial charge in [0.1, 0.15) is 0 Å². The number of anilines is 1. The van der Waals surface area contributed by atoms with Crippen LogP contribution in [0.4, 0.5) is 5.69 Å². The lowest BCUT2D eigenvalue weighted by molar-refractivity contribution is -0.142. The van der Waals surface area contributed by atoms with Crippen LogP contribution >= 0.6 is 23.2 Å². The number of nitrogens with zero attached hydrogens (tertiary/aromatic N) is 1. The first-order valence-electron chi connectivity index (χ1n) is 5.69. The maximum Gasteiger partial charge on any atom is 0.317 e. The number of carbonyl (C=O) groups is 3. The molecule has 114 valence electrons. The summed E-state index contributed by atoms with van der Waals surface area (Å²) in [5.74, 6) is -3.06. The Hall–Kier alpha value is -1.83. The number of rotatable bonds is 7. The second-order valence-electron chi connectivity index (χ2n) is 4.08. The van der Waals surface area contributed by atoms with Gasteiger partial charge in [0.15, 0.2) is 0 Å². The fourth-order valence-corrected chi connectivity index (χ4v) is 1.89. The lowest BCUT2D eigenvalue weighted by Crippen LogP contribution is -2.40. The summed E-state index contributed by atoms with van der Waals surface area (Å²) < 4.78 is 0. The number of carboxylic acids is 2. The predicted molar refractivity (Wildman–Crippen MR) is 76.8 cm³/mol. The van der Waals surface area contributed by atoms with E-state index in [0.717, 1.165) is 4.90 Å². The van der Waals surface area contributed by atoms with Gasteiger partial charge in [0, 0.05) is 0 Å². The minimum atomic E-state index is -1.23. The summed E-state index contributed by atoms with van der Waals surface area (Å²) >= 11 is 11.7. The molecule has 1 amide bonds. The molecule has 0 heterocycles. The van der Waals surface area contributed by atoms with E-state index in [1.807, 2.05) is 0 Å². The fourth-order valence-electron chi connectivity index (χ4n) is 1.54. The average molecular weight is 335 g/mol.